The first-order valence-corrected chi connectivity index (χ1v) is 7.58. The molecule has 0 spiro atoms. The molecule has 0 aliphatic rings. The number of thiazole rings is 1. The molecule has 0 aromatic carbocycles. The second kappa shape index (κ2) is 6.75. The van der Waals surface area contributed by atoms with Gasteiger partial charge in [-0.05, 0) is 34.6 Å². The average Bonchev–Trinajstić information content (AvgIpc) is 2.68. The van der Waals surface area contributed by atoms with Crippen molar-refractivity contribution in [2.75, 3.05) is 17.6 Å². The molecular weight excluding hydrogens is 290 g/mol. The molecule has 0 saturated heterocycles. The first kappa shape index (κ1) is 17.2. The number of hydrogen-bond acceptors (Lipinski definition) is 6. The summed E-state index contributed by atoms with van der Waals surface area (Å²) in [5.41, 5.74) is 5.37. The van der Waals surface area contributed by atoms with Crippen LogP contribution in [-0.4, -0.2) is 34.9 Å². The van der Waals surface area contributed by atoms with Gasteiger partial charge >= 0.3 is 0 Å². The molecule has 1 atom stereocenters. The van der Waals surface area contributed by atoms with Crippen molar-refractivity contribution in [3.8, 4) is 0 Å². The van der Waals surface area contributed by atoms with E-state index in [1.54, 1.807) is 6.92 Å². The van der Waals surface area contributed by atoms with Crippen LogP contribution in [0.15, 0.2) is 0 Å². The molecule has 7 nitrogen and oxygen atoms in total. The summed E-state index contributed by atoms with van der Waals surface area (Å²) in [6.45, 7) is 9.88. The lowest BCUT2D eigenvalue weighted by Crippen LogP contribution is -2.50. The SMILES string of the molecule is CCNc1nc(N)c(C(=O)NC(C)C(=O)NC(C)(C)C)s1. The molecule has 8 heteroatoms. The normalized spacial score (nSPS) is 12.6. The van der Waals surface area contributed by atoms with Crippen LogP contribution >= 0.6 is 11.3 Å². The monoisotopic (exact) mass is 313 g/mol. The molecule has 0 bridgehead atoms. The summed E-state index contributed by atoms with van der Waals surface area (Å²) in [6.07, 6.45) is 0. The van der Waals surface area contributed by atoms with Gasteiger partial charge in [-0.25, -0.2) is 4.98 Å². The van der Waals surface area contributed by atoms with Gasteiger partial charge in [0.2, 0.25) is 5.91 Å². The zero-order valence-corrected chi connectivity index (χ0v) is 13.9. The molecule has 0 aliphatic heterocycles. The van der Waals surface area contributed by atoms with Gasteiger partial charge in [-0.3, -0.25) is 9.59 Å². The molecule has 5 N–H and O–H groups in total. The van der Waals surface area contributed by atoms with E-state index in [-0.39, 0.29) is 17.3 Å². The number of hydrogen-bond donors (Lipinski definition) is 4. The predicted molar refractivity (Wildman–Crippen MR) is 85.5 cm³/mol. The highest BCUT2D eigenvalue weighted by atomic mass is 32.1. The van der Waals surface area contributed by atoms with Crippen molar-refractivity contribution in [3.63, 3.8) is 0 Å². The van der Waals surface area contributed by atoms with Gasteiger partial charge in [0, 0.05) is 12.1 Å². The first-order chi connectivity index (χ1) is 9.64. The second-order valence-electron chi connectivity index (χ2n) is 5.70. The number of nitrogens with one attached hydrogen (secondary N) is 3. The number of carbonyl (C=O) groups is 2. The van der Waals surface area contributed by atoms with E-state index in [9.17, 15) is 9.59 Å². The lowest BCUT2D eigenvalue weighted by Gasteiger charge is -2.23. The van der Waals surface area contributed by atoms with E-state index in [1.165, 1.54) is 11.3 Å². The Bertz CT molecular complexity index is 521. The quantitative estimate of drug-likeness (QED) is 0.653. The van der Waals surface area contributed by atoms with Crippen molar-refractivity contribution in [2.45, 2.75) is 46.2 Å². The van der Waals surface area contributed by atoms with Crippen LogP contribution in [0.2, 0.25) is 0 Å². The lowest BCUT2D eigenvalue weighted by molar-refractivity contribution is -0.124. The fraction of sp³-hybridized carbons (Fsp3) is 0.615. The Hall–Kier alpha value is -1.83. The molecule has 2 amide bonds. The Kier molecular flexibility index (Phi) is 5.54. The number of carbonyl (C=O) groups excluding carboxylic acids is 2. The molecule has 21 heavy (non-hydrogen) atoms. The summed E-state index contributed by atoms with van der Waals surface area (Å²) in [4.78, 5) is 28.4. The van der Waals surface area contributed by atoms with E-state index in [1.807, 2.05) is 27.7 Å². The molecule has 1 unspecified atom stereocenters. The lowest BCUT2D eigenvalue weighted by atomic mass is 10.1. The first-order valence-electron chi connectivity index (χ1n) is 6.77. The van der Waals surface area contributed by atoms with E-state index in [0.29, 0.717) is 16.6 Å². The van der Waals surface area contributed by atoms with Crippen LogP contribution in [0.3, 0.4) is 0 Å². The van der Waals surface area contributed by atoms with Crippen molar-refractivity contribution in [3.05, 3.63) is 4.88 Å². The van der Waals surface area contributed by atoms with Crippen LogP contribution in [0.25, 0.3) is 0 Å². The van der Waals surface area contributed by atoms with E-state index in [0.717, 1.165) is 0 Å². The summed E-state index contributed by atoms with van der Waals surface area (Å²) in [5.74, 6) is -0.478. The summed E-state index contributed by atoms with van der Waals surface area (Å²) >= 11 is 1.17. The summed E-state index contributed by atoms with van der Waals surface area (Å²) in [7, 11) is 0. The summed E-state index contributed by atoms with van der Waals surface area (Å²) < 4.78 is 0. The van der Waals surface area contributed by atoms with Crippen LogP contribution in [0.5, 0.6) is 0 Å². The number of nitrogens with two attached hydrogens (primary N) is 1. The number of aromatic nitrogens is 1. The third-order valence-electron chi connectivity index (χ3n) is 2.43. The Morgan fingerprint density at radius 2 is 2.00 bits per heavy atom. The molecule has 0 aliphatic carbocycles. The molecule has 0 fully saturated rings. The van der Waals surface area contributed by atoms with Crippen molar-refractivity contribution in [1.29, 1.82) is 0 Å². The van der Waals surface area contributed by atoms with Crippen LogP contribution in [-0.2, 0) is 4.79 Å². The molecule has 0 radical (unpaired) electrons. The number of nitrogens with zero attached hydrogens (tertiary/aromatic N) is 1. The molecule has 118 valence electrons. The van der Waals surface area contributed by atoms with E-state index >= 15 is 0 Å². The van der Waals surface area contributed by atoms with Crippen molar-refractivity contribution >= 4 is 34.1 Å². The molecule has 1 aromatic heterocycles. The zero-order chi connectivity index (χ0) is 16.2. The summed E-state index contributed by atoms with van der Waals surface area (Å²) in [6, 6.07) is -0.652. The molecule has 1 heterocycles. The van der Waals surface area contributed by atoms with Gasteiger partial charge in [-0.1, -0.05) is 11.3 Å². The van der Waals surface area contributed by atoms with E-state index < -0.39 is 11.9 Å². The molecular formula is C13H23N5O2S. The standard InChI is InChI=1S/C13H23N5O2S/c1-6-15-12-17-9(14)8(21-12)11(20)16-7(2)10(19)18-13(3,4)5/h7H,6,14H2,1-5H3,(H,15,17)(H,16,20)(H,18,19). The average molecular weight is 313 g/mol. The maximum atomic E-state index is 12.1. The Labute approximate surface area is 128 Å². The molecule has 0 saturated carbocycles. The van der Waals surface area contributed by atoms with Crippen LogP contribution in [0.4, 0.5) is 10.9 Å². The third-order valence-corrected chi connectivity index (χ3v) is 3.45. The predicted octanol–water partition coefficient (Wildman–Crippen LogP) is 1.19. The minimum atomic E-state index is -0.652. The highest BCUT2D eigenvalue weighted by Crippen LogP contribution is 2.24. The Morgan fingerprint density at radius 1 is 1.38 bits per heavy atom. The van der Waals surface area contributed by atoms with Crippen LogP contribution in [0, 0.1) is 0 Å². The van der Waals surface area contributed by atoms with Gasteiger partial charge in [0.15, 0.2) is 5.13 Å². The van der Waals surface area contributed by atoms with Gasteiger partial charge in [0.05, 0.1) is 0 Å². The number of amides is 2. The van der Waals surface area contributed by atoms with Crippen molar-refractivity contribution in [1.82, 2.24) is 15.6 Å². The minimum absolute atomic E-state index is 0.164. The Morgan fingerprint density at radius 3 is 2.52 bits per heavy atom. The van der Waals surface area contributed by atoms with E-state index in [4.69, 9.17) is 5.73 Å². The van der Waals surface area contributed by atoms with Gasteiger partial charge in [0.25, 0.3) is 5.91 Å². The smallest absolute Gasteiger partial charge is 0.265 e. The maximum Gasteiger partial charge on any atom is 0.265 e. The topological polar surface area (TPSA) is 109 Å². The Balaban J connectivity index is 2.70. The van der Waals surface area contributed by atoms with Crippen LogP contribution in [0.1, 0.15) is 44.3 Å². The molecule has 1 aromatic rings. The number of anilines is 2. The zero-order valence-electron chi connectivity index (χ0n) is 13.0. The number of nitrogen functional groups attached to an aromatic ring is 1. The van der Waals surface area contributed by atoms with E-state index in [2.05, 4.69) is 20.9 Å². The van der Waals surface area contributed by atoms with Gasteiger partial charge in [0.1, 0.15) is 16.7 Å². The van der Waals surface area contributed by atoms with Gasteiger partial charge in [-0.2, -0.15) is 0 Å². The van der Waals surface area contributed by atoms with Crippen LogP contribution < -0.4 is 21.7 Å². The fourth-order valence-electron chi connectivity index (χ4n) is 1.53. The van der Waals surface area contributed by atoms with Crippen molar-refractivity contribution < 1.29 is 9.59 Å². The summed E-state index contributed by atoms with van der Waals surface area (Å²) in [5, 5.41) is 9.02. The van der Waals surface area contributed by atoms with Gasteiger partial charge in [-0.15, -0.1) is 0 Å². The second-order valence-corrected chi connectivity index (χ2v) is 6.70. The largest absolute Gasteiger partial charge is 0.382 e. The maximum absolute atomic E-state index is 12.1. The highest BCUT2D eigenvalue weighted by molar-refractivity contribution is 7.18. The number of rotatable bonds is 5. The molecule has 1 rings (SSSR count). The fourth-order valence-corrected chi connectivity index (χ4v) is 2.38. The highest BCUT2D eigenvalue weighted by Gasteiger charge is 2.23. The third kappa shape index (κ3) is 5.22. The van der Waals surface area contributed by atoms with Crippen molar-refractivity contribution in [2.24, 2.45) is 0 Å². The minimum Gasteiger partial charge on any atom is -0.382 e. The van der Waals surface area contributed by atoms with Gasteiger partial charge < -0.3 is 21.7 Å².